The van der Waals surface area contributed by atoms with Crippen molar-refractivity contribution < 1.29 is 0 Å². The third kappa shape index (κ3) is 2.98. The molecule has 0 fully saturated rings. The summed E-state index contributed by atoms with van der Waals surface area (Å²) in [7, 11) is 1.71. The highest BCUT2D eigenvalue weighted by atomic mass is 14.8. The van der Waals surface area contributed by atoms with Gasteiger partial charge in [-0.05, 0) is 24.6 Å². The first-order valence-electron chi connectivity index (χ1n) is 4.93. The Morgan fingerprint density at radius 3 is 2.62 bits per heavy atom. The fourth-order valence-electron chi connectivity index (χ4n) is 1.18. The first-order chi connectivity index (χ1) is 7.69. The molecule has 0 aromatic carbocycles. The Kier molecular flexibility index (Phi) is 4.33. The molecule has 0 aliphatic rings. The van der Waals surface area contributed by atoms with Gasteiger partial charge in [0.1, 0.15) is 5.71 Å². The summed E-state index contributed by atoms with van der Waals surface area (Å²) in [6.07, 6.45) is 3.10. The molecule has 1 aromatic rings. The number of aliphatic imine (C=N–C) groups is 2. The number of hydrogen-bond acceptors (Lipinski definition) is 3. The Labute approximate surface area is 96.0 Å². The van der Waals surface area contributed by atoms with E-state index in [2.05, 4.69) is 28.1 Å². The van der Waals surface area contributed by atoms with E-state index in [1.165, 1.54) is 6.20 Å². The zero-order valence-electron chi connectivity index (χ0n) is 9.64. The first-order valence-corrected chi connectivity index (χ1v) is 4.93. The van der Waals surface area contributed by atoms with E-state index >= 15 is 0 Å². The first kappa shape index (κ1) is 12.0. The van der Waals surface area contributed by atoms with E-state index in [1.807, 2.05) is 25.1 Å². The summed E-state index contributed by atoms with van der Waals surface area (Å²) in [4.78, 5) is 12.5. The Hall–Kier alpha value is -2.03. The molecule has 1 aromatic heterocycles. The zero-order chi connectivity index (χ0) is 12.0. The van der Waals surface area contributed by atoms with Crippen LogP contribution in [0.25, 0.3) is 5.57 Å². The van der Waals surface area contributed by atoms with Crippen molar-refractivity contribution in [2.75, 3.05) is 7.05 Å². The standard InChI is InChI=1S/C13H15N3/c1-5-15-9-13(14-4)12-8-6-7-11(16-12)10(2)3/h5-9H,1-2H2,3-4H3. The van der Waals surface area contributed by atoms with Crippen LogP contribution in [0.1, 0.15) is 18.3 Å². The highest BCUT2D eigenvalue weighted by Gasteiger charge is 2.03. The molecule has 82 valence electrons. The Morgan fingerprint density at radius 2 is 2.06 bits per heavy atom. The molecule has 16 heavy (non-hydrogen) atoms. The Bertz CT molecular complexity index is 456. The van der Waals surface area contributed by atoms with Crippen LogP contribution in [0.3, 0.4) is 0 Å². The van der Waals surface area contributed by atoms with E-state index in [0.29, 0.717) is 0 Å². The van der Waals surface area contributed by atoms with Gasteiger partial charge in [-0.15, -0.1) is 0 Å². The van der Waals surface area contributed by atoms with Crippen LogP contribution in [0, 0.1) is 0 Å². The van der Waals surface area contributed by atoms with Gasteiger partial charge < -0.3 is 0 Å². The number of pyridine rings is 1. The van der Waals surface area contributed by atoms with Crippen LogP contribution in [0.2, 0.25) is 0 Å². The quantitative estimate of drug-likeness (QED) is 0.708. The van der Waals surface area contributed by atoms with E-state index in [9.17, 15) is 0 Å². The minimum absolute atomic E-state index is 0.725. The van der Waals surface area contributed by atoms with Crippen LogP contribution < -0.4 is 0 Å². The topological polar surface area (TPSA) is 37.6 Å². The molecule has 0 N–H and O–H groups in total. The van der Waals surface area contributed by atoms with Crippen LogP contribution in [-0.2, 0) is 0 Å². The van der Waals surface area contributed by atoms with Crippen molar-refractivity contribution in [3.05, 3.63) is 48.9 Å². The van der Waals surface area contributed by atoms with Gasteiger partial charge in [-0.2, -0.15) is 0 Å². The predicted octanol–water partition coefficient (Wildman–Crippen LogP) is 2.75. The molecule has 3 nitrogen and oxygen atoms in total. The largest absolute Gasteiger partial charge is 0.285 e. The molecule has 0 aliphatic heterocycles. The van der Waals surface area contributed by atoms with Gasteiger partial charge in [0.25, 0.3) is 0 Å². The summed E-state index contributed by atoms with van der Waals surface area (Å²) in [5, 5.41) is 0. The van der Waals surface area contributed by atoms with Crippen molar-refractivity contribution in [3.8, 4) is 0 Å². The Balaban J connectivity index is 3.11. The van der Waals surface area contributed by atoms with Gasteiger partial charge in [-0.1, -0.05) is 19.2 Å². The summed E-state index contributed by atoms with van der Waals surface area (Å²) in [6.45, 7) is 9.30. The average Bonchev–Trinajstić information content (AvgIpc) is 2.30. The van der Waals surface area contributed by atoms with Gasteiger partial charge in [0.15, 0.2) is 0 Å². The van der Waals surface area contributed by atoms with E-state index < -0.39 is 0 Å². The van der Waals surface area contributed by atoms with Gasteiger partial charge >= 0.3 is 0 Å². The summed E-state index contributed by atoms with van der Waals surface area (Å²) in [6, 6.07) is 5.74. The van der Waals surface area contributed by atoms with Gasteiger partial charge in [0, 0.05) is 13.2 Å². The van der Waals surface area contributed by atoms with Gasteiger partial charge in [0.2, 0.25) is 0 Å². The molecular weight excluding hydrogens is 198 g/mol. The van der Waals surface area contributed by atoms with Gasteiger partial charge in [-0.3, -0.25) is 9.98 Å². The summed E-state index contributed by atoms with van der Waals surface area (Å²) in [5.41, 5.74) is 3.31. The molecule has 0 radical (unpaired) electrons. The molecular formula is C13H15N3. The molecule has 1 heterocycles. The maximum atomic E-state index is 4.44. The summed E-state index contributed by atoms with van der Waals surface area (Å²) in [5.74, 6) is 0. The Morgan fingerprint density at radius 1 is 1.38 bits per heavy atom. The predicted molar refractivity (Wildman–Crippen MR) is 70.1 cm³/mol. The minimum atomic E-state index is 0.725. The van der Waals surface area contributed by atoms with Crippen molar-refractivity contribution in [2.24, 2.45) is 9.98 Å². The fourth-order valence-corrected chi connectivity index (χ4v) is 1.18. The average molecular weight is 213 g/mol. The lowest BCUT2D eigenvalue weighted by Gasteiger charge is -2.03. The van der Waals surface area contributed by atoms with Crippen LogP contribution in [0.15, 0.2) is 47.5 Å². The lowest BCUT2D eigenvalue weighted by molar-refractivity contribution is 1.24. The second-order valence-corrected chi connectivity index (χ2v) is 3.26. The molecule has 0 aliphatic carbocycles. The van der Waals surface area contributed by atoms with Crippen LogP contribution in [0.4, 0.5) is 0 Å². The highest BCUT2D eigenvalue weighted by molar-refractivity contribution is 6.37. The summed E-state index contributed by atoms with van der Waals surface area (Å²) < 4.78 is 0. The number of allylic oxidation sites excluding steroid dienone is 1. The highest BCUT2D eigenvalue weighted by Crippen LogP contribution is 2.09. The number of aromatic nitrogens is 1. The van der Waals surface area contributed by atoms with Crippen molar-refractivity contribution in [2.45, 2.75) is 6.92 Å². The van der Waals surface area contributed by atoms with Crippen LogP contribution >= 0.6 is 0 Å². The lowest BCUT2D eigenvalue weighted by Crippen LogP contribution is -2.06. The van der Waals surface area contributed by atoms with Gasteiger partial charge in [-0.25, -0.2) is 4.98 Å². The summed E-state index contributed by atoms with van der Waals surface area (Å²) >= 11 is 0. The zero-order valence-corrected chi connectivity index (χ0v) is 9.64. The maximum absolute atomic E-state index is 4.44. The lowest BCUT2D eigenvalue weighted by atomic mass is 10.2. The normalized spacial score (nSPS) is 11.8. The molecule has 0 unspecified atom stereocenters. The third-order valence-corrected chi connectivity index (χ3v) is 1.99. The number of hydrogen-bond donors (Lipinski definition) is 0. The SMILES string of the molecule is C=CN=CC(=NC)c1cccc(C(=C)C)n1. The van der Waals surface area contributed by atoms with Crippen molar-refractivity contribution in [1.29, 1.82) is 0 Å². The van der Waals surface area contributed by atoms with Crippen molar-refractivity contribution >= 4 is 17.5 Å². The number of nitrogens with zero attached hydrogens (tertiary/aromatic N) is 3. The monoisotopic (exact) mass is 213 g/mol. The van der Waals surface area contributed by atoms with Crippen LogP contribution in [-0.4, -0.2) is 24.0 Å². The molecule has 0 saturated carbocycles. The second kappa shape index (κ2) is 5.75. The number of rotatable bonds is 4. The molecule has 0 saturated heterocycles. The van der Waals surface area contributed by atoms with E-state index in [0.717, 1.165) is 22.7 Å². The molecule has 1 rings (SSSR count). The third-order valence-electron chi connectivity index (χ3n) is 1.99. The second-order valence-electron chi connectivity index (χ2n) is 3.26. The molecule has 0 spiro atoms. The molecule has 0 atom stereocenters. The molecule has 0 bridgehead atoms. The van der Waals surface area contributed by atoms with E-state index in [1.54, 1.807) is 13.3 Å². The van der Waals surface area contributed by atoms with Crippen molar-refractivity contribution in [3.63, 3.8) is 0 Å². The van der Waals surface area contributed by atoms with Crippen LogP contribution in [0.5, 0.6) is 0 Å². The van der Waals surface area contributed by atoms with Crippen molar-refractivity contribution in [1.82, 2.24) is 4.98 Å². The fraction of sp³-hybridized carbons (Fsp3) is 0.154. The van der Waals surface area contributed by atoms with Gasteiger partial charge in [0.05, 0.1) is 17.6 Å². The van der Waals surface area contributed by atoms with E-state index in [4.69, 9.17) is 0 Å². The van der Waals surface area contributed by atoms with E-state index in [-0.39, 0.29) is 0 Å². The maximum Gasteiger partial charge on any atom is 0.101 e. The minimum Gasteiger partial charge on any atom is -0.285 e. The molecule has 0 amide bonds. The smallest absolute Gasteiger partial charge is 0.101 e. The molecule has 3 heteroatoms.